The minimum Gasteiger partial charge on any atom is -0.399 e. The van der Waals surface area contributed by atoms with Crippen LogP contribution in [0.25, 0.3) is 0 Å². The Morgan fingerprint density at radius 2 is 2.05 bits per heavy atom. The van der Waals surface area contributed by atoms with Gasteiger partial charge in [0.25, 0.3) is 5.91 Å². The van der Waals surface area contributed by atoms with E-state index < -0.39 is 5.54 Å². The van der Waals surface area contributed by atoms with Crippen LogP contribution in [0.1, 0.15) is 16.7 Å². The predicted octanol–water partition coefficient (Wildman–Crippen LogP) is 1.08. The van der Waals surface area contributed by atoms with Gasteiger partial charge in [-0.1, -0.05) is 6.07 Å². The summed E-state index contributed by atoms with van der Waals surface area (Å²) in [5, 5.41) is 2.89. The van der Waals surface area contributed by atoms with Crippen molar-refractivity contribution in [1.29, 1.82) is 0 Å². The summed E-state index contributed by atoms with van der Waals surface area (Å²) in [6.07, 6.45) is 4.63. The summed E-state index contributed by atoms with van der Waals surface area (Å²) in [5.74, 6) is 0.560. The molecule has 1 unspecified atom stereocenters. The van der Waals surface area contributed by atoms with Crippen LogP contribution in [0.15, 0.2) is 47.7 Å². The fourth-order valence-corrected chi connectivity index (χ4v) is 3.07. The number of pyridine rings is 1. The monoisotopic (exact) mass is 278 g/mol. The summed E-state index contributed by atoms with van der Waals surface area (Å²) in [7, 11) is 0. The Morgan fingerprint density at radius 1 is 1.19 bits per heavy atom. The van der Waals surface area contributed by atoms with Gasteiger partial charge in [-0.3, -0.25) is 14.8 Å². The van der Waals surface area contributed by atoms with Crippen molar-refractivity contribution in [3.63, 3.8) is 0 Å². The summed E-state index contributed by atoms with van der Waals surface area (Å²) in [4.78, 5) is 21.2. The van der Waals surface area contributed by atoms with Crippen LogP contribution in [-0.4, -0.2) is 22.3 Å². The van der Waals surface area contributed by atoms with Crippen molar-refractivity contribution in [3.8, 4) is 0 Å². The molecule has 5 nitrogen and oxygen atoms in total. The lowest BCUT2D eigenvalue weighted by molar-refractivity contribution is -0.123. The molecule has 0 bridgehead atoms. The third-order valence-electron chi connectivity index (χ3n) is 4.11. The number of nitrogen functional groups attached to an aromatic ring is 1. The Kier molecular flexibility index (Phi) is 2.39. The van der Waals surface area contributed by atoms with E-state index in [0.717, 1.165) is 22.4 Å². The van der Waals surface area contributed by atoms with E-state index in [1.165, 1.54) is 0 Å². The van der Waals surface area contributed by atoms with E-state index in [1.54, 1.807) is 12.4 Å². The number of hydrogen-bond donors (Lipinski definition) is 2. The van der Waals surface area contributed by atoms with Crippen LogP contribution in [0.5, 0.6) is 0 Å². The van der Waals surface area contributed by atoms with Crippen LogP contribution in [-0.2, 0) is 17.6 Å². The average molecular weight is 278 g/mol. The van der Waals surface area contributed by atoms with Gasteiger partial charge in [0.1, 0.15) is 11.4 Å². The summed E-state index contributed by atoms with van der Waals surface area (Å²) >= 11 is 0. The molecule has 1 aliphatic carbocycles. The maximum atomic E-state index is 12.5. The number of amidine groups is 1. The lowest BCUT2D eigenvalue weighted by Gasteiger charge is -2.14. The third kappa shape index (κ3) is 1.81. The molecule has 21 heavy (non-hydrogen) atoms. The smallest absolute Gasteiger partial charge is 0.254 e. The van der Waals surface area contributed by atoms with E-state index in [0.29, 0.717) is 18.7 Å². The Balaban J connectivity index is 1.74. The molecule has 1 aromatic carbocycles. The number of amides is 1. The molecule has 1 spiro atoms. The van der Waals surface area contributed by atoms with Crippen molar-refractivity contribution in [1.82, 2.24) is 10.3 Å². The normalized spacial score (nSPS) is 23.0. The SMILES string of the molecule is Nc1ccc2c(c1)CC1(C2)N=C(c2cccnc2)NC1=O. The number of anilines is 1. The molecule has 1 amide bonds. The van der Waals surface area contributed by atoms with Gasteiger partial charge in [0, 0.05) is 36.5 Å². The number of nitrogens with zero attached hydrogens (tertiary/aromatic N) is 2. The second-order valence-corrected chi connectivity index (χ2v) is 5.57. The molecule has 2 aromatic rings. The first-order chi connectivity index (χ1) is 10.2. The maximum Gasteiger partial charge on any atom is 0.254 e. The molecule has 0 radical (unpaired) electrons. The number of rotatable bonds is 1. The number of nitrogens with two attached hydrogens (primary N) is 1. The van der Waals surface area contributed by atoms with Gasteiger partial charge in [0.15, 0.2) is 0 Å². The first-order valence-electron chi connectivity index (χ1n) is 6.85. The highest BCUT2D eigenvalue weighted by Gasteiger charge is 2.48. The quantitative estimate of drug-likeness (QED) is 0.766. The minimum atomic E-state index is -0.721. The number of carbonyl (C=O) groups is 1. The summed E-state index contributed by atoms with van der Waals surface area (Å²) < 4.78 is 0. The zero-order chi connectivity index (χ0) is 14.4. The number of nitrogens with one attached hydrogen (secondary N) is 1. The standard InChI is InChI=1S/C16H14N4O/c17-13-4-3-10-7-16(8-12(10)6-13)15(21)19-14(20-16)11-2-1-5-18-9-11/h1-6,9H,7-8,17H2,(H,19,20,21). The molecule has 0 saturated heterocycles. The molecule has 0 saturated carbocycles. The van der Waals surface area contributed by atoms with Gasteiger partial charge in [-0.2, -0.15) is 0 Å². The van der Waals surface area contributed by atoms with Crippen molar-refractivity contribution < 1.29 is 4.79 Å². The lowest BCUT2D eigenvalue weighted by Crippen LogP contribution is -2.40. The van der Waals surface area contributed by atoms with Crippen molar-refractivity contribution in [3.05, 3.63) is 59.4 Å². The van der Waals surface area contributed by atoms with Crippen molar-refractivity contribution in [2.45, 2.75) is 18.4 Å². The third-order valence-corrected chi connectivity index (χ3v) is 4.11. The van der Waals surface area contributed by atoms with Gasteiger partial charge in [-0.25, -0.2) is 0 Å². The first-order valence-corrected chi connectivity index (χ1v) is 6.85. The van der Waals surface area contributed by atoms with Crippen LogP contribution >= 0.6 is 0 Å². The van der Waals surface area contributed by atoms with E-state index >= 15 is 0 Å². The Labute approximate surface area is 121 Å². The molecular formula is C16H14N4O. The Hall–Kier alpha value is -2.69. The van der Waals surface area contributed by atoms with Crippen LogP contribution in [0.3, 0.4) is 0 Å². The molecule has 1 aliphatic heterocycles. The topological polar surface area (TPSA) is 80.4 Å². The zero-order valence-electron chi connectivity index (χ0n) is 11.3. The highest BCUT2D eigenvalue weighted by atomic mass is 16.2. The number of aliphatic imine (C=N–C) groups is 1. The summed E-state index contributed by atoms with van der Waals surface area (Å²) in [6.45, 7) is 0. The molecule has 3 N–H and O–H groups in total. The molecule has 0 fully saturated rings. The van der Waals surface area contributed by atoms with E-state index in [-0.39, 0.29) is 5.91 Å². The van der Waals surface area contributed by atoms with Crippen molar-refractivity contribution in [2.24, 2.45) is 4.99 Å². The lowest BCUT2D eigenvalue weighted by atomic mass is 9.97. The summed E-state index contributed by atoms with van der Waals surface area (Å²) in [5.41, 5.74) is 8.92. The fourth-order valence-electron chi connectivity index (χ4n) is 3.07. The molecule has 2 heterocycles. The van der Waals surface area contributed by atoms with Gasteiger partial charge in [0.05, 0.1) is 0 Å². The molecular weight excluding hydrogens is 264 g/mol. The molecule has 5 heteroatoms. The largest absolute Gasteiger partial charge is 0.399 e. The van der Waals surface area contributed by atoms with Crippen molar-refractivity contribution in [2.75, 3.05) is 5.73 Å². The minimum absolute atomic E-state index is 0.0453. The van der Waals surface area contributed by atoms with Crippen LogP contribution < -0.4 is 11.1 Å². The molecule has 104 valence electrons. The van der Waals surface area contributed by atoms with Gasteiger partial charge in [-0.05, 0) is 35.4 Å². The van der Waals surface area contributed by atoms with Crippen LogP contribution in [0, 0.1) is 0 Å². The van der Waals surface area contributed by atoms with E-state index in [2.05, 4.69) is 15.3 Å². The fraction of sp³-hybridized carbons (Fsp3) is 0.188. The molecule has 1 aromatic heterocycles. The summed E-state index contributed by atoms with van der Waals surface area (Å²) in [6, 6.07) is 9.53. The van der Waals surface area contributed by atoms with Gasteiger partial charge in [-0.15, -0.1) is 0 Å². The van der Waals surface area contributed by atoms with Gasteiger partial charge >= 0.3 is 0 Å². The van der Waals surface area contributed by atoms with Crippen LogP contribution in [0.2, 0.25) is 0 Å². The van der Waals surface area contributed by atoms with E-state index in [1.807, 2.05) is 30.3 Å². The first kappa shape index (κ1) is 12.1. The number of benzene rings is 1. The second-order valence-electron chi connectivity index (χ2n) is 5.57. The molecule has 1 atom stereocenters. The number of aromatic nitrogens is 1. The zero-order valence-corrected chi connectivity index (χ0v) is 11.3. The molecule has 4 rings (SSSR count). The van der Waals surface area contributed by atoms with Crippen LogP contribution in [0.4, 0.5) is 5.69 Å². The number of fused-ring (bicyclic) bond motifs is 1. The highest BCUT2D eigenvalue weighted by molar-refractivity contribution is 6.15. The Morgan fingerprint density at radius 3 is 2.86 bits per heavy atom. The average Bonchev–Trinajstić information content (AvgIpc) is 3.00. The second kappa shape index (κ2) is 4.15. The predicted molar refractivity (Wildman–Crippen MR) is 79.9 cm³/mol. The number of hydrogen-bond acceptors (Lipinski definition) is 4. The highest BCUT2D eigenvalue weighted by Crippen LogP contribution is 2.36. The number of carbonyl (C=O) groups excluding carboxylic acids is 1. The van der Waals surface area contributed by atoms with E-state index in [4.69, 9.17) is 5.73 Å². The maximum absolute atomic E-state index is 12.5. The van der Waals surface area contributed by atoms with Crippen molar-refractivity contribution >= 4 is 17.4 Å². The van der Waals surface area contributed by atoms with E-state index in [9.17, 15) is 4.79 Å². The molecule has 2 aliphatic rings. The van der Waals surface area contributed by atoms with Gasteiger partial charge < -0.3 is 11.1 Å². The Bertz CT molecular complexity index is 769. The van der Waals surface area contributed by atoms with Gasteiger partial charge in [0.2, 0.25) is 0 Å².